The molecule has 0 radical (unpaired) electrons. The van der Waals surface area contributed by atoms with Gasteiger partial charge in [-0.25, -0.2) is 8.42 Å². The molecule has 1 aliphatic heterocycles. The van der Waals surface area contributed by atoms with E-state index < -0.39 is 22.5 Å². The Hall–Kier alpha value is -1.93. The molecule has 0 bridgehead atoms. The molecule has 0 fully saturated rings. The van der Waals surface area contributed by atoms with Crippen LogP contribution in [0.4, 0.5) is 5.69 Å². The van der Waals surface area contributed by atoms with Crippen molar-refractivity contribution in [3.63, 3.8) is 0 Å². The Morgan fingerprint density at radius 3 is 2.62 bits per heavy atom. The van der Waals surface area contributed by atoms with Gasteiger partial charge < -0.3 is 10.0 Å². The number of anilines is 1. The van der Waals surface area contributed by atoms with E-state index in [0.29, 0.717) is 18.7 Å². The van der Waals surface area contributed by atoms with E-state index >= 15 is 0 Å². The number of carbonyl (C=O) groups excluding carboxylic acids is 1. The molecular formula is C13H16N2O5S. The molecule has 0 unspecified atom stereocenters. The quantitative estimate of drug-likeness (QED) is 0.863. The van der Waals surface area contributed by atoms with Gasteiger partial charge in [0.1, 0.15) is 6.54 Å². The van der Waals surface area contributed by atoms with Gasteiger partial charge in [-0.15, -0.1) is 0 Å². The standard InChI is InChI=1S/C13H16N2O5S/c1-9(16)15-6-5-10-3-4-11(7-12(10)15)21(19,20)14(2)8-13(17)18/h3-4,7H,5-6,8H2,1-2H3,(H,17,18). The number of carboxylic acids is 1. The predicted octanol–water partition coefficient (Wildman–Crippen LogP) is 0.301. The number of sulfonamides is 1. The molecule has 114 valence electrons. The van der Waals surface area contributed by atoms with Crippen molar-refractivity contribution >= 4 is 27.6 Å². The lowest BCUT2D eigenvalue weighted by atomic mass is 10.2. The number of carboxylic acid groups (broad SMARTS) is 1. The number of rotatable bonds is 4. The van der Waals surface area contributed by atoms with E-state index in [9.17, 15) is 18.0 Å². The molecule has 1 heterocycles. The minimum absolute atomic E-state index is 0.0156. The smallest absolute Gasteiger partial charge is 0.318 e. The Morgan fingerprint density at radius 2 is 2.05 bits per heavy atom. The number of amides is 1. The molecule has 7 nitrogen and oxygen atoms in total. The number of likely N-dealkylation sites (N-methyl/N-ethyl adjacent to an activating group) is 1. The topological polar surface area (TPSA) is 95.0 Å². The average Bonchev–Trinajstić information content (AvgIpc) is 2.80. The molecule has 0 aliphatic carbocycles. The van der Waals surface area contributed by atoms with Crippen LogP contribution in [0.2, 0.25) is 0 Å². The summed E-state index contributed by atoms with van der Waals surface area (Å²) in [7, 11) is -2.68. The van der Waals surface area contributed by atoms with Crippen molar-refractivity contribution in [3.8, 4) is 0 Å². The van der Waals surface area contributed by atoms with Gasteiger partial charge >= 0.3 is 5.97 Å². The van der Waals surface area contributed by atoms with Gasteiger partial charge in [0.25, 0.3) is 0 Å². The molecule has 1 N–H and O–H groups in total. The monoisotopic (exact) mass is 312 g/mol. The number of benzene rings is 1. The largest absolute Gasteiger partial charge is 0.480 e. The highest BCUT2D eigenvalue weighted by Crippen LogP contribution is 2.31. The fourth-order valence-electron chi connectivity index (χ4n) is 2.30. The van der Waals surface area contributed by atoms with Crippen LogP contribution in [0.3, 0.4) is 0 Å². The van der Waals surface area contributed by atoms with Crippen molar-refractivity contribution < 1.29 is 23.1 Å². The third-order valence-corrected chi connectivity index (χ3v) is 5.20. The lowest BCUT2D eigenvalue weighted by molar-refractivity contribution is -0.137. The Balaban J connectivity index is 2.40. The van der Waals surface area contributed by atoms with Crippen molar-refractivity contribution in [2.75, 3.05) is 25.0 Å². The highest BCUT2D eigenvalue weighted by Gasteiger charge is 2.27. The van der Waals surface area contributed by atoms with E-state index in [2.05, 4.69) is 0 Å². The Morgan fingerprint density at radius 1 is 1.38 bits per heavy atom. The van der Waals surface area contributed by atoms with Crippen LogP contribution in [0.5, 0.6) is 0 Å². The van der Waals surface area contributed by atoms with E-state index in [0.717, 1.165) is 9.87 Å². The maximum Gasteiger partial charge on any atom is 0.318 e. The van der Waals surface area contributed by atoms with Gasteiger partial charge in [0.05, 0.1) is 4.90 Å². The zero-order valence-corrected chi connectivity index (χ0v) is 12.6. The second-order valence-electron chi connectivity index (χ2n) is 4.87. The van der Waals surface area contributed by atoms with E-state index in [4.69, 9.17) is 5.11 Å². The summed E-state index contributed by atoms with van der Waals surface area (Å²) in [5.74, 6) is -1.38. The third kappa shape index (κ3) is 2.91. The summed E-state index contributed by atoms with van der Waals surface area (Å²) in [6, 6.07) is 4.54. The number of hydrogen-bond acceptors (Lipinski definition) is 4. The highest BCUT2D eigenvalue weighted by atomic mass is 32.2. The lowest BCUT2D eigenvalue weighted by Gasteiger charge is -2.18. The average molecular weight is 312 g/mol. The number of hydrogen-bond donors (Lipinski definition) is 1. The number of nitrogens with zero attached hydrogens (tertiary/aromatic N) is 2. The van der Waals surface area contributed by atoms with Gasteiger partial charge in [-0.05, 0) is 24.1 Å². The van der Waals surface area contributed by atoms with Crippen molar-refractivity contribution in [3.05, 3.63) is 23.8 Å². The maximum absolute atomic E-state index is 12.3. The summed E-state index contributed by atoms with van der Waals surface area (Å²) < 4.78 is 25.4. The molecule has 1 amide bonds. The van der Waals surface area contributed by atoms with Gasteiger partial charge in [-0.3, -0.25) is 9.59 Å². The van der Waals surface area contributed by atoms with Crippen molar-refractivity contribution in [1.29, 1.82) is 0 Å². The highest BCUT2D eigenvalue weighted by molar-refractivity contribution is 7.89. The molecule has 1 aromatic rings. The molecule has 1 aromatic carbocycles. The number of aliphatic carboxylic acids is 1. The Kier molecular flexibility index (Phi) is 4.02. The second-order valence-corrected chi connectivity index (χ2v) is 6.91. The first-order chi connectivity index (χ1) is 9.73. The van der Waals surface area contributed by atoms with E-state index in [1.165, 1.54) is 31.0 Å². The van der Waals surface area contributed by atoms with E-state index in [-0.39, 0.29) is 10.8 Å². The van der Waals surface area contributed by atoms with Crippen molar-refractivity contribution in [2.45, 2.75) is 18.2 Å². The first-order valence-electron chi connectivity index (χ1n) is 6.32. The lowest BCUT2D eigenvalue weighted by Crippen LogP contribution is -2.32. The van der Waals surface area contributed by atoms with Crippen LogP contribution >= 0.6 is 0 Å². The molecule has 0 aromatic heterocycles. The molecule has 0 saturated carbocycles. The van der Waals surface area contributed by atoms with Crippen LogP contribution in [0.15, 0.2) is 23.1 Å². The predicted molar refractivity (Wildman–Crippen MR) is 75.6 cm³/mol. The fraction of sp³-hybridized carbons (Fsp3) is 0.385. The zero-order valence-electron chi connectivity index (χ0n) is 11.7. The minimum Gasteiger partial charge on any atom is -0.480 e. The van der Waals surface area contributed by atoms with Crippen LogP contribution in [-0.2, 0) is 26.0 Å². The van der Waals surface area contributed by atoms with Gasteiger partial charge in [0.2, 0.25) is 15.9 Å². The van der Waals surface area contributed by atoms with Gasteiger partial charge in [-0.1, -0.05) is 6.07 Å². The van der Waals surface area contributed by atoms with Crippen LogP contribution in [0.1, 0.15) is 12.5 Å². The van der Waals surface area contributed by atoms with Crippen LogP contribution in [0, 0.1) is 0 Å². The molecule has 21 heavy (non-hydrogen) atoms. The van der Waals surface area contributed by atoms with Gasteiger partial charge in [-0.2, -0.15) is 4.31 Å². The zero-order chi connectivity index (χ0) is 15.8. The second kappa shape index (κ2) is 5.45. The Bertz CT molecular complexity index is 699. The molecule has 0 saturated heterocycles. The van der Waals surface area contributed by atoms with Gasteiger partial charge in [0, 0.05) is 26.2 Å². The van der Waals surface area contributed by atoms with E-state index in [1.807, 2.05) is 0 Å². The normalized spacial score (nSPS) is 14.3. The molecule has 2 rings (SSSR count). The molecule has 0 atom stereocenters. The van der Waals surface area contributed by atoms with Crippen LogP contribution < -0.4 is 4.90 Å². The fourth-order valence-corrected chi connectivity index (χ4v) is 3.44. The summed E-state index contributed by atoms with van der Waals surface area (Å²) in [4.78, 5) is 23.7. The summed E-state index contributed by atoms with van der Waals surface area (Å²) in [5.41, 5.74) is 1.48. The van der Waals surface area contributed by atoms with Gasteiger partial charge in [0.15, 0.2) is 0 Å². The maximum atomic E-state index is 12.3. The number of carbonyl (C=O) groups is 2. The number of fused-ring (bicyclic) bond motifs is 1. The summed E-state index contributed by atoms with van der Waals surface area (Å²) in [6.45, 7) is 1.34. The summed E-state index contributed by atoms with van der Waals surface area (Å²) >= 11 is 0. The van der Waals surface area contributed by atoms with Crippen molar-refractivity contribution in [2.24, 2.45) is 0 Å². The first-order valence-corrected chi connectivity index (χ1v) is 7.76. The summed E-state index contributed by atoms with van der Waals surface area (Å²) in [5, 5.41) is 8.70. The summed E-state index contributed by atoms with van der Waals surface area (Å²) in [6.07, 6.45) is 0.681. The van der Waals surface area contributed by atoms with Crippen molar-refractivity contribution in [1.82, 2.24) is 4.31 Å². The van der Waals surface area contributed by atoms with E-state index in [1.54, 1.807) is 6.07 Å². The SMILES string of the molecule is CC(=O)N1CCc2ccc(S(=O)(=O)N(C)CC(=O)O)cc21. The molecular weight excluding hydrogens is 296 g/mol. The Labute approximate surface area is 122 Å². The van der Waals surface area contributed by atoms with Crippen LogP contribution in [-0.4, -0.2) is 49.8 Å². The third-order valence-electron chi connectivity index (χ3n) is 3.40. The minimum atomic E-state index is -3.89. The molecule has 8 heteroatoms. The molecule has 0 spiro atoms. The first kappa shape index (κ1) is 15.5. The van der Waals surface area contributed by atoms with Crippen LogP contribution in [0.25, 0.3) is 0 Å². The molecule has 1 aliphatic rings.